The van der Waals surface area contributed by atoms with Gasteiger partial charge in [-0.2, -0.15) is 5.06 Å². The van der Waals surface area contributed by atoms with Crippen LogP contribution in [0.2, 0.25) is 0 Å². The zero-order valence-corrected chi connectivity index (χ0v) is 53.3. The summed E-state index contributed by atoms with van der Waals surface area (Å²) in [6.07, 6.45) is -0.271. The Morgan fingerprint density at radius 1 is 0.278 bits per heavy atom. The van der Waals surface area contributed by atoms with E-state index in [1.807, 2.05) is 0 Å². The first-order valence-electron chi connectivity index (χ1n) is 31.2. The summed E-state index contributed by atoms with van der Waals surface area (Å²) in [4.78, 5) is 49.7. The molecule has 0 radical (unpaired) electrons. The van der Waals surface area contributed by atoms with Gasteiger partial charge in [0, 0.05) is 19.3 Å². The average molecular weight is 1320 g/mol. The predicted octanol–water partition coefficient (Wildman–Crippen LogP) is -0.476. The minimum Gasteiger partial charge on any atom is -0.479 e. The Balaban J connectivity index is 1.61. The Hall–Kier alpha value is -2.76. The van der Waals surface area contributed by atoms with E-state index in [0.29, 0.717) is 322 Å². The number of carboxylic acid groups (broad SMARTS) is 1. The van der Waals surface area contributed by atoms with E-state index < -0.39 is 23.9 Å². The number of imide groups is 1. The molecule has 1 N–H and O–H groups in total. The van der Waals surface area contributed by atoms with Crippen LogP contribution in [0.25, 0.3) is 0 Å². The molecule has 1 aliphatic heterocycles. The summed E-state index contributed by atoms with van der Waals surface area (Å²) < 4.78 is 137. The standard InChI is InChI=1S/C58H109NO31/c60-4-1-5-65-6-7-66-8-9-67-10-11-68-12-13-69-14-15-70-16-17-71-18-19-72-20-21-73-22-23-74-24-25-75-26-27-76-28-29-77-30-31-78-32-33-79-34-35-80-36-37-81-38-39-82-40-41-83-42-43-84-44-45-85-46-47-86-48-49-87-50-51-88-52-53-89-54-55(58(63)64)90-59-56(61)2-3-57(59)62/h4,55H,1-3,5-54H2,(H,63,64). The molecule has 32 nitrogen and oxygen atoms in total. The number of carboxylic acids is 1. The highest BCUT2D eigenvalue weighted by atomic mass is 16.7. The number of ether oxygens (including phenoxy) is 25. The number of hydrogen-bond acceptors (Lipinski definition) is 30. The summed E-state index contributed by atoms with van der Waals surface area (Å²) in [6.45, 7) is 21.5. The minimum absolute atomic E-state index is 0.00870. The van der Waals surface area contributed by atoms with Crippen molar-refractivity contribution in [3.63, 3.8) is 0 Å². The number of hydroxylamine groups is 2. The van der Waals surface area contributed by atoms with Crippen molar-refractivity contribution in [3.8, 4) is 0 Å². The molecule has 1 fully saturated rings. The summed E-state index contributed by atoms with van der Waals surface area (Å²) in [5, 5.41) is 9.73. The molecule has 32 heteroatoms. The zero-order valence-electron chi connectivity index (χ0n) is 53.3. The number of hydrogen-bond donors (Lipinski definition) is 1. The van der Waals surface area contributed by atoms with Gasteiger partial charge in [0.05, 0.1) is 330 Å². The van der Waals surface area contributed by atoms with Crippen molar-refractivity contribution in [1.82, 2.24) is 5.06 Å². The Morgan fingerprint density at radius 2 is 0.422 bits per heavy atom. The molecule has 90 heavy (non-hydrogen) atoms. The predicted molar refractivity (Wildman–Crippen MR) is 315 cm³/mol. The highest BCUT2D eigenvalue weighted by Crippen LogP contribution is 2.14. The molecule has 0 aromatic heterocycles. The topological polar surface area (TPSA) is 332 Å². The smallest absolute Gasteiger partial charge is 0.338 e. The first-order chi connectivity index (χ1) is 44.6. The largest absolute Gasteiger partial charge is 0.479 e. The lowest BCUT2D eigenvalue weighted by atomic mass is 10.4. The van der Waals surface area contributed by atoms with Crippen molar-refractivity contribution in [3.05, 3.63) is 0 Å². The number of amides is 2. The molecule has 1 saturated heterocycles. The zero-order chi connectivity index (χ0) is 64.5. The van der Waals surface area contributed by atoms with Crippen LogP contribution in [-0.4, -0.2) is 371 Å². The van der Waals surface area contributed by atoms with Crippen molar-refractivity contribution in [2.45, 2.75) is 25.4 Å². The third-order valence-electron chi connectivity index (χ3n) is 11.1. The van der Waals surface area contributed by atoms with Crippen LogP contribution >= 0.6 is 0 Å². The van der Waals surface area contributed by atoms with E-state index in [2.05, 4.69) is 0 Å². The SMILES string of the molecule is O=CCCOCCOCCOCCOCCOCCOCCOCCOCCOCCOCCOCCOCCOCCOCCOCCOCCOCCOCCOCCOCCOCCOCCOCCOCCOCC(ON1C(=O)CCC1=O)C(=O)O. The fraction of sp³-hybridized carbons (Fsp3) is 0.931. The van der Waals surface area contributed by atoms with E-state index in [0.717, 1.165) is 6.29 Å². The molecular weight excluding hydrogens is 1210 g/mol. The first kappa shape index (κ1) is 85.3. The molecule has 0 aromatic carbocycles. The lowest BCUT2D eigenvalue weighted by Crippen LogP contribution is -2.40. The summed E-state index contributed by atoms with van der Waals surface area (Å²) in [5.41, 5.74) is 0. The van der Waals surface area contributed by atoms with Gasteiger partial charge >= 0.3 is 5.97 Å². The average Bonchev–Trinajstić information content (AvgIpc) is 3.92. The third-order valence-corrected chi connectivity index (χ3v) is 11.1. The van der Waals surface area contributed by atoms with Gasteiger partial charge in [-0.05, 0) is 0 Å². The maximum atomic E-state index is 11.6. The number of aldehydes is 1. The summed E-state index contributed by atoms with van der Waals surface area (Å²) in [6, 6.07) is 0. The molecule has 1 aliphatic rings. The number of rotatable bonds is 80. The molecule has 532 valence electrons. The van der Waals surface area contributed by atoms with E-state index in [-0.39, 0.29) is 32.7 Å². The molecule has 1 rings (SSSR count). The van der Waals surface area contributed by atoms with Crippen molar-refractivity contribution in [1.29, 1.82) is 0 Å². The highest BCUT2D eigenvalue weighted by molar-refractivity contribution is 6.00. The van der Waals surface area contributed by atoms with Gasteiger partial charge in [0.2, 0.25) is 6.10 Å². The van der Waals surface area contributed by atoms with Gasteiger partial charge in [0.15, 0.2) is 0 Å². The van der Waals surface area contributed by atoms with Crippen molar-refractivity contribution < 1.29 is 148 Å². The fourth-order valence-electron chi connectivity index (χ4n) is 6.55. The van der Waals surface area contributed by atoms with E-state index in [1.54, 1.807) is 0 Å². The molecule has 0 bridgehead atoms. The molecule has 1 unspecified atom stereocenters. The lowest BCUT2D eigenvalue weighted by molar-refractivity contribution is -0.214. The van der Waals surface area contributed by atoms with Gasteiger partial charge in [0.1, 0.15) is 6.29 Å². The molecule has 1 heterocycles. The Morgan fingerprint density at radius 3 is 0.567 bits per heavy atom. The summed E-state index contributed by atoms with van der Waals surface area (Å²) in [7, 11) is 0. The highest BCUT2D eigenvalue weighted by Gasteiger charge is 2.35. The van der Waals surface area contributed by atoms with Crippen LogP contribution in [0, 0.1) is 0 Å². The van der Waals surface area contributed by atoms with Crippen LogP contribution in [0.15, 0.2) is 0 Å². The molecular formula is C58H109NO31. The first-order valence-corrected chi connectivity index (χ1v) is 31.2. The molecule has 2 amide bonds. The summed E-state index contributed by atoms with van der Waals surface area (Å²) >= 11 is 0. The van der Waals surface area contributed by atoms with Crippen LogP contribution in [0.3, 0.4) is 0 Å². The van der Waals surface area contributed by atoms with Crippen molar-refractivity contribution in [2.24, 2.45) is 0 Å². The molecule has 0 spiro atoms. The quantitative estimate of drug-likeness (QED) is 0.0457. The van der Waals surface area contributed by atoms with Gasteiger partial charge in [0.25, 0.3) is 11.8 Å². The third kappa shape index (κ3) is 65.3. The van der Waals surface area contributed by atoms with Crippen LogP contribution in [0.1, 0.15) is 19.3 Å². The second-order valence-electron chi connectivity index (χ2n) is 18.2. The second kappa shape index (κ2) is 73.6. The Labute approximate surface area is 531 Å². The van der Waals surface area contributed by atoms with E-state index in [9.17, 15) is 24.3 Å². The van der Waals surface area contributed by atoms with Gasteiger partial charge in [-0.15, -0.1) is 0 Å². The number of nitrogens with zero attached hydrogens (tertiary/aromatic N) is 1. The van der Waals surface area contributed by atoms with Gasteiger partial charge in [-0.25, -0.2) is 9.63 Å². The van der Waals surface area contributed by atoms with Gasteiger partial charge < -0.3 is 128 Å². The maximum Gasteiger partial charge on any atom is 0.338 e. The fourth-order valence-corrected chi connectivity index (χ4v) is 6.55. The van der Waals surface area contributed by atoms with Crippen molar-refractivity contribution >= 4 is 24.1 Å². The Kier molecular flexibility index (Phi) is 69.8. The number of carbonyl (C=O) groups is 4. The van der Waals surface area contributed by atoms with E-state index >= 15 is 0 Å². The van der Waals surface area contributed by atoms with Crippen LogP contribution in [-0.2, 0) is 142 Å². The van der Waals surface area contributed by atoms with E-state index in [1.165, 1.54) is 0 Å². The number of carbonyl (C=O) groups excluding carboxylic acids is 3. The van der Waals surface area contributed by atoms with Crippen molar-refractivity contribution in [2.75, 3.05) is 330 Å². The molecule has 0 aliphatic carbocycles. The Bertz CT molecular complexity index is 1490. The van der Waals surface area contributed by atoms with Gasteiger partial charge in [-0.3, -0.25) is 9.59 Å². The summed E-state index contributed by atoms with van der Waals surface area (Å²) in [5.74, 6) is -2.50. The van der Waals surface area contributed by atoms with Crippen LogP contribution in [0.5, 0.6) is 0 Å². The molecule has 1 atom stereocenters. The second-order valence-corrected chi connectivity index (χ2v) is 18.2. The molecule has 0 aromatic rings. The normalized spacial score (nSPS) is 13.0. The number of aliphatic carboxylic acids is 1. The van der Waals surface area contributed by atoms with Crippen LogP contribution in [0.4, 0.5) is 0 Å². The van der Waals surface area contributed by atoms with E-state index in [4.69, 9.17) is 123 Å². The van der Waals surface area contributed by atoms with Crippen LogP contribution < -0.4 is 0 Å². The molecule has 0 saturated carbocycles. The minimum atomic E-state index is -1.49. The lowest BCUT2D eigenvalue weighted by Gasteiger charge is -2.19. The van der Waals surface area contributed by atoms with Gasteiger partial charge in [-0.1, -0.05) is 0 Å². The maximum absolute atomic E-state index is 11.6. The monoisotopic (exact) mass is 1320 g/mol.